The van der Waals surface area contributed by atoms with Gasteiger partial charge in [0.05, 0.1) is 0 Å². The lowest BCUT2D eigenvalue weighted by molar-refractivity contribution is 0.432. The van der Waals surface area contributed by atoms with Crippen LogP contribution in [0.4, 0.5) is 0 Å². The van der Waals surface area contributed by atoms with Crippen molar-refractivity contribution in [3.63, 3.8) is 0 Å². The Labute approximate surface area is 112 Å². The van der Waals surface area contributed by atoms with E-state index in [1.54, 1.807) is 11.1 Å². The maximum atomic E-state index is 3.72. The predicted octanol–water partition coefficient (Wildman–Crippen LogP) is 4.58. The quantitative estimate of drug-likeness (QED) is 0.801. The van der Waals surface area contributed by atoms with Gasteiger partial charge in [0.1, 0.15) is 0 Å². The molecule has 0 radical (unpaired) electrons. The van der Waals surface area contributed by atoms with Crippen molar-refractivity contribution in [1.29, 1.82) is 0 Å². The van der Waals surface area contributed by atoms with Crippen molar-refractivity contribution < 1.29 is 0 Å². The van der Waals surface area contributed by atoms with E-state index in [1.165, 1.54) is 37.7 Å². The number of aryl methyl sites for hydroxylation is 1. The summed E-state index contributed by atoms with van der Waals surface area (Å²) in [6.45, 7) is 8.01. The van der Waals surface area contributed by atoms with Crippen molar-refractivity contribution in [3.8, 4) is 0 Å². The lowest BCUT2D eigenvalue weighted by Gasteiger charge is -2.31. The molecule has 2 unspecified atom stereocenters. The van der Waals surface area contributed by atoms with E-state index in [0.717, 1.165) is 12.5 Å². The molecule has 1 nitrogen and oxygen atoms in total. The van der Waals surface area contributed by atoms with E-state index in [0.29, 0.717) is 6.04 Å². The lowest BCUT2D eigenvalue weighted by atomic mass is 9.80. The Balaban J connectivity index is 2.25. The molecule has 2 rings (SSSR count). The molecule has 1 aromatic rings. The molecule has 2 atom stereocenters. The molecule has 0 amide bonds. The maximum Gasteiger partial charge on any atom is 0.0323 e. The summed E-state index contributed by atoms with van der Waals surface area (Å²) in [5.41, 5.74) is 4.66. The molecule has 0 fully saturated rings. The molecule has 0 heterocycles. The van der Waals surface area contributed by atoms with Gasteiger partial charge in [-0.2, -0.15) is 0 Å². The van der Waals surface area contributed by atoms with Crippen LogP contribution in [0.5, 0.6) is 0 Å². The molecule has 18 heavy (non-hydrogen) atoms. The van der Waals surface area contributed by atoms with E-state index in [4.69, 9.17) is 0 Å². The largest absolute Gasteiger partial charge is 0.310 e. The molecule has 1 N–H and O–H groups in total. The van der Waals surface area contributed by atoms with Gasteiger partial charge in [0, 0.05) is 6.04 Å². The molecular formula is C17H27N. The standard InChI is InChI=1S/C17H27N/c1-4-6-14-8-9-15-13(3)7-10-17(16(15)12-14)18-11-5-2/h8-9,12-13,17-18H,4-7,10-11H2,1-3H3. The first-order chi connectivity index (χ1) is 8.76. The summed E-state index contributed by atoms with van der Waals surface area (Å²) in [4.78, 5) is 0. The summed E-state index contributed by atoms with van der Waals surface area (Å²) in [6, 6.07) is 7.76. The Morgan fingerprint density at radius 2 is 1.94 bits per heavy atom. The van der Waals surface area contributed by atoms with Gasteiger partial charge in [0.15, 0.2) is 0 Å². The summed E-state index contributed by atoms with van der Waals surface area (Å²) in [5.74, 6) is 0.732. The minimum Gasteiger partial charge on any atom is -0.310 e. The number of hydrogen-bond acceptors (Lipinski definition) is 1. The first-order valence-electron chi connectivity index (χ1n) is 7.62. The molecule has 100 valence electrons. The van der Waals surface area contributed by atoms with Gasteiger partial charge in [0.25, 0.3) is 0 Å². The van der Waals surface area contributed by atoms with Crippen molar-refractivity contribution in [3.05, 3.63) is 34.9 Å². The Hall–Kier alpha value is -0.820. The van der Waals surface area contributed by atoms with Gasteiger partial charge in [-0.25, -0.2) is 0 Å². The molecule has 0 aromatic heterocycles. The number of rotatable bonds is 5. The van der Waals surface area contributed by atoms with E-state index < -0.39 is 0 Å². The van der Waals surface area contributed by atoms with Crippen molar-refractivity contribution in [1.82, 2.24) is 5.32 Å². The minimum atomic E-state index is 0.591. The highest BCUT2D eigenvalue weighted by Gasteiger charge is 2.24. The summed E-state index contributed by atoms with van der Waals surface area (Å²) < 4.78 is 0. The molecule has 0 bridgehead atoms. The molecular weight excluding hydrogens is 218 g/mol. The van der Waals surface area contributed by atoms with E-state index in [1.807, 2.05) is 0 Å². The fourth-order valence-corrected chi connectivity index (χ4v) is 3.08. The van der Waals surface area contributed by atoms with E-state index in [-0.39, 0.29) is 0 Å². The average molecular weight is 245 g/mol. The number of hydrogen-bond donors (Lipinski definition) is 1. The van der Waals surface area contributed by atoms with Crippen LogP contribution in [-0.2, 0) is 6.42 Å². The molecule has 1 aliphatic carbocycles. The Morgan fingerprint density at radius 3 is 2.67 bits per heavy atom. The van der Waals surface area contributed by atoms with Crippen LogP contribution < -0.4 is 5.32 Å². The zero-order chi connectivity index (χ0) is 13.0. The molecule has 0 saturated heterocycles. The Kier molecular flexibility index (Phi) is 4.82. The van der Waals surface area contributed by atoms with E-state index in [9.17, 15) is 0 Å². The smallest absolute Gasteiger partial charge is 0.0323 e. The van der Waals surface area contributed by atoms with Crippen molar-refractivity contribution in [2.75, 3.05) is 6.54 Å². The second-order valence-electron chi connectivity index (χ2n) is 5.70. The highest BCUT2D eigenvalue weighted by atomic mass is 14.9. The molecule has 0 aliphatic heterocycles. The van der Waals surface area contributed by atoms with E-state index >= 15 is 0 Å². The van der Waals surface area contributed by atoms with E-state index in [2.05, 4.69) is 44.3 Å². The third-order valence-electron chi connectivity index (χ3n) is 4.13. The minimum absolute atomic E-state index is 0.591. The van der Waals surface area contributed by atoms with Crippen molar-refractivity contribution in [2.24, 2.45) is 0 Å². The van der Waals surface area contributed by atoms with Crippen LogP contribution in [0, 0.1) is 0 Å². The van der Waals surface area contributed by atoms with Crippen LogP contribution in [0.3, 0.4) is 0 Å². The van der Waals surface area contributed by atoms with Gasteiger partial charge >= 0.3 is 0 Å². The molecule has 1 heteroatoms. The van der Waals surface area contributed by atoms with Crippen LogP contribution in [0.1, 0.15) is 75.1 Å². The zero-order valence-electron chi connectivity index (χ0n) is 12.1. The van der Waals surface area contributed by atoms with Gasteiger partial charge in [-0.05, 0) is 54.8 Å². The molecule has 1 aliphatic rings. The fraction of sp³-hybridized carbons (Fsp3) is 0.647. The van der Waals surface area contributed by atoms with Crippen LogP contribution in [-0.4, -0.2) is 6.54 Å². The van der Waals surface area contributed by atoms with Crippen LogP contribution >= 0.6 is 0 Å². The van der Waals surface area contributed by atoms with Crippen LogP contribution in [0.2, 0.25) is 0 Å². The first kappa shape index (κ1) is 13.6. The topological polar surface area (TPSA) is 12.0 Å². The first-order valence-corrected chi connectivity index (χ1v) is 7.62. The fourth-order valence-electron chi connectivity index (χ4n) is 3.08. The van der Waals surface area contributed by atoms with Crippen LogP contribution in [0.25, 0.3) is 0 Å². The molecule has 1 aromatic carbocycles. The Bertz CT molecular complexity index is 383. The third kappa shape index (κ3) is 2.95. The third-order valence-corrected chi connectivity index (χ3v) is 4.13. The normalized spacial score (nSPS) is 22.8. The lowest BCUT2D eigenvalue weighted by Crippen LogP contribution is -2.27. The molecule has 0 spiro atoms. The van der Waals surface area contributed by atoms with Gasteiger partial charge in [-0.15, -0.1) is 0 Å². The maximum absolute atomic E-state index is 3.72. The zero-order valence-corrected chi connectivity index (χ0v) is 12.1. The van der Waals surface area contributed by atoms with Crippen molar-refractivity contribution in [2.45, 2.75) is 64.8 Å². The SMILES string of the molecule is CCCNC1CCC(C)c2ccc(CCC)cc21. The second-order valence-corrected chi connectivity index (χ2v) is 5.70. The number of benzene rings is 1. The van der Waals surface area contributed by atoms with Crippen molar-refractivity contribution >= 4 is 0 Å². The summed E-state index contributed by atoms with van der Waals surface area (Å²) in [7, 11) is 0. The van der Waals surface area contributed by atoms with Crippen LogP contribution in [0.15, 0.2) is 18.2 Å². The molecule has 0 saturated carbocycles. The van der Waals surface area contributed by atoms with Gasteiger partial charge < -0.3 is 5.32 Å². The highest BCUT2D eigenvalue weighted by Crippen LogP contribution is 2.37. The second kappa shape index (κ2) is 6.38. The predicted molar refractivity (Wildman–Crippen MR) is 79.1 cm³/mol. The number of fused-ring (bicyclic) bond motifs is 1. The van der Waals surface area contributed by atoms with Gasteiger partial charge in [0.2, 0.25) is 0 Å². The number of nitrogens with one attached hydrogen (secondary N) is 1. The monoisotopic (exact) mass is 245 g/mol. The average Bonchev–Trinajstić information content (AvgIpc) is 2.38. The van der Waals surface area contributed by atoms with Gasteiger partial charge in [-0.3, -0.25) is 0 Å². The summed E-state index contributed by atoms with van der Waals surface area (Å²) >= 11 is 0. The summed E-state index contributed by atoms with van der Waals surface area (Å²) in [6.07, 6.45) is 6.28. The van der Waals surface area contributed by atoms with Gasteiger partial charge in [-0.1, -0.05) is 45.4 Å². The highest BCUT2D eigenvalue weighted by molar-refractivity contribution is 5.38. The summed E-state index contributed by atoms with van der Waals surface area (Å²) in [5, 5.41) is 3.72. The Morgan fingerprint density at radius 1 is 1.11 bits per heavy atom.